The zero-order valence-electron chi connectivity index (χ0n) is 19.8. The van der Waals surface area contributed by atoms with Crippen LogP contribution in [0.15, 0.2) is 48.5 Å². The van der Waals surface area contributed by atoms with Gasteiger partial charge in [-0.1, -0.05) is 49.7 Å². The third kappa shape index (κ3) is 5.26. The highest BCUT2D eigenvalue weighted by Crippen LogP contribution is 2.39. The molecule has 0 atom stereocenters. The second-order valence-electron chi connectivity index (χ2n) is 9.26. The molecule has 35 heavy (non-hydrogen) atoms. The van der Waals surface area contributed by atoms with Crippen LogP contribution in [0.1, 0.15) is 61.6 Å². The monoisotopic (exact) mass is 484 g/mol. The zero-order chi connectivity index (χ0) is 25.1. The van der Waals surface area contributed by atoms with Crippen LogP contribution in [0.2, 0.25) is 0 Å². The molecule has 1 aliphatic rings. The van der Waals surface area contributed by atoms with E-state index in [0.717, 1.165) is 18.4 Å². The molecule has 0 amide bonds. The van der Waals surface area contributed by atoms with E-state index in [0.29, 0.717) is 36.8 Å². The fourth-order valence-corrected chi connectivity index (χ4v) is 4.78. The van der Waals surface area contributed by atoms with Crippen molar-refractivity contribution in [3.63, 3.8) is 0 Å². The van der Waals surface area contributed by atoms with Crippen LogP contribution in [0.25, 0.3) is 11.1 Å². The zero-order valence-corrected chi connectivity index (χ0v) is 19.8. The summed E-state index contributed by atoms with van der Waals surface area (Å²) >= 11 is 0. The molecule has 0 aliphatic heterocycles. The Morgan fingerprint density at radius 2 is 1.51 bits per heavy atom. The third-order valence-corrected chi connectivity index (χ3v) is 6.87. The predicted octanol–water partition coefficient (Wildman–Crippen LogP) is 8.05. The Kier molecular flexibility index (Phi) is 7.58. The minimum absolute atomic E-state index is 0.0956. The van der Waals surface area contributed by atoms with E-state index in [-0.39, 0.29) is 17.0 Å². The van der Waals surface area contributed by atoms with Gasteiger partial charge in [-0.25, -0.2) is 13.2 Å². The summed E-state index contributed by atoms with van der Waals surface area (Å²) in [6.07, 6.45) is 3.64. The number of benzene rings is 3. The smallest absolute Gasteiger partial charge is 0.314 e. The molecular weight excluding hydrogens is 456 g/mol. The van der Waals surface area contributed by atoms with E-state index in [1.807, 2.05) is 12.1 Å². The van der Waals surface area contributed by atoms with Crippen LogP contribution in [0, 0.1) is 36.1 Å². The SMILES string of the molecule is CCCc1ccc(-c2ccc(OC(=O)C3CCC(c4ccc(C)c(F)c4F)CC3)c(F)c2F)cc1. The molecule has 0 saturated heterocycles. The number of esters is 1. The maximum atomic E-state index is 14.8. The summed E-state index contributed by atoms with van der Waals surface area (Å²) in [7, 11) is 0. The molecule has 2 nitrogen and oxygen atoms in total. The van der Waals surface area contributed by atoms with E-state index in [2.05, 4.69) is 6.92 Å². The first-order valence-electron chi connectivity index (χ1n) is 12.0. The number of hydrogen-bond acceptors (Lipinski definition) is 2. The maximum absolute atomic E-state index is 14.8. The highest BCUT2D eigenvalue weighted by Gasteiger charge is 2.31. The van der Waals surface area contributed by atoms with Crippen LogP contribution in [0.5, 0.6) is 5.75 Å². The van der Waals surface area contributed by atoms with Crippen molar-refractivity contribution in [3.8, 4) is 16.9 Å². The van der Waals surface area contributed by atoms with E-state index in [1.54, 1.807) is 24.3 Å². The van der Waals surface area contributed by atoms with Gasteiger partial charge in [0.1, 0.15) is 0 Å². The van der Waals surface area contributed by atoms with E-state index in [9.17, 15) is 22.4 Å². The second kappa shape index (κ2) is 10.6. The lowest BCUT2D eigenvalue weighted by Gasteiger charge is -2.28. The van der Waals surface area contributed by atoms with Crippen molar-refractivity contribution >= 4 is 5.97 Å². The number of rotatable bonds is 6. The molecule has 184 valence electrons. The molecule has 1 aliphatic carbocycles. The lowest BCUT2D eigenvalue weighted by atomic mass is 9.78. The Balaban J connectivity index is 1.41. The normalized spacial score (nSPS) is 17.9. The van der Waals surface area contributed by atoms with Crippen LogP contribution in [-0.4, -0.2) is 5.97 Å². The number of carbonyl (C=O) groups is 1. The third-order valence-electron chi connectivity index (χ3n) is 6.87. The highest BCUT2D eigenvalue weighted by molar-refractivity contribution is 5.76. The van der Waals surface area contributed by atoms with Gasteiger partial charge in [0.15, 0.2) is 23.2 Å². The molecule has 0 unspecified atom stereocenters. The molecule has 4 rings (SSSR count). The van der Waals surface area contributed by atoms with Crippen LogP contribution in [0.4, 0.5) is 17.6 Å². The van der Waals surface area contributed by atoms with Gasteiger partial charge in [0.25, 0.3) is 0 Å². The number of aryl methyl sites for hydroxylation is 2. The van der Waals surface area contributed by atoms with E-state index in [1.165, 1.54) is 19.1 Å². The van der Waals surface area contributed by atoms with Gasteiger partial charge >= 0.3 is 5.97 Å². The van der Waals surface area contributed by atoms with Crippen molar-refractivity contribution < 1.29 is 27.1 Å². The molecule has 1 fully saturated rings. The van der Waals surface area contributed by atoms with Crippen LogP contribution >= 0.6 is 0 Å². The van der Waals surface area contributed by atoms with Crippen molar-refractivity contribution in [1.82, 2.24) is 0 Å². The molecular formula is C29H28F4O2. The van der Waals surface area contributed by atoms with E-state index >= 15 is 0 Å². The van der Waals surface area contributed by atoms with Gasteiger partial charge in [-0.3, -0.25) is 4.79 Å². The van der Waals surface area contributed by atoms with Crippen molar-refractivity contribution in [1.29, 1.82) is 0 Å². The topological polar surface area (TPSA) is 26.3 Å². The van der Waals surface area contributed by atoms with Crippen molar-refractivity contribution in [3.05, 3.63) is 88.5 Å². The Morgan fingerprint density at radius 1 is 0.829 bits per heavy atom. The van der Waals surface area contributed by atoms with Gasteiger partial charge in [-0.2, -0.15) is 4.39 Å². The average molecular weight is 485 g/mol. The lowest BCUT2D eigenvalue weighted by Crippen LogP contribution is -2.26. The molecule has 0 aromatic heterocycles. The van der Waals surface area contributed by atoms with Crippen LogP contribution in [0.3, 0.4) is 0 Å². The number of ether oxygens (including phenoxy) is 1. The van der Waals surface area contributed by atoms with Crippen molar-refractivity contribution in [2.45, 2.75) is 58.3 Å². The lowest BCUT2D eigenvalue weighted by molar-refractivity contribution is -0.140. The molecule has 3 aromatic carbocycles. The summed E-state index contributed by atoms with van der Waals surface area (Å²) in [6.45, 7) is 3.58. The Labute approximate surface area is 202 Å². The fraction of sp³-hybridized carbons (Fsp3) is 0.345. The summed E-state index contributed by atoms with van der Waals surface area (Å²) in [5.74, 6) is -5.78. The summed E-state index contributed by atoms with van der Waals surface area (Å²) in [6, 6.07) is 13.1. The fourth-order valence-electron chi connectivity index (χ4n) is 4.78. The first kappa shape index (κ1) is 25.0. The first-order chi connectivity index (χ1) is 16.8. The molecule has 0 N–H and O–H groups in total. The van der Waals surface area contributed by atoms with E-state index < -0.39 is 40.9 Å². The largest absolute Gasteiger partial charge is 0.423 e. The summed E-state index contributed by atoms with van der Waals surface area (Å²) in [5, 5.41) is 0. The van der Waals surface area contributed by atoms with Crippen molar-refractivity contribution in [2.75, 3.05) is 0 Å². The van der Waals surface area contributed by atoms with Gasteiger partial charge in [0.2, 0.25) is 5.82 Å². The van der Waals surface area contributed by atoms with E-state index in [4.69, 9.17) is 4.74 Å². The quantitative estimate of drug-likeness (QED) is 0.201. The summed E-state index contributed by atoms with van der Waals surface area (Å²) in [5.41, 5.74) is 2.31. The number of carbonyl (C=O) groups excluding carboxylic acids is 1. The molecule has 0 heterocycles. The predicted molar refractivity (Wildman–Crippen MR) is 127 cm³/mol. The summed E-state index contributed by atoms with van der Waals surface area (Å²) in [4.78, 5) is 12.6. The Hall–Kier alpha value is -3.15. The number of hydrogen-bond donors (Lipinski definition) is 0. The summed E-state index contributed by atoms with van der Waals surface area (Å²) < 4.78 is 63.0. The van der Waals surface area contributed by atoms with Gasteiger partial charge < -0.3 is 4.74 Å². The molecule has 0 spiro atoms. The van der Waals surface area contributed by atoms with Crippen LogP contribution < -0.4 is 4.74 Å². The average Bonchev–Trinajstić information content (AvgIpc) is 2.86. The van der Waals surface area contributed by atoms with Crippen LogP contribution in [-0.2, 0) is 11.2 Å². The minimum Gasteiger partial charge on any atom is -0.423 e. The highest BCUT2D eigenvalue weighted by atomic mass is 19.2. The molecule has 6 heteroatoms. The molecule has 0 bridgehead atoms. The second-order valence-corrected chi connectivity index (χ2v) is 9.26. The van der Waals surface area contributed by atoms with Gasteiger partial charge in [0, 0.05) is 5.56 Å². The Morgan fingerprint density at radius 3 is 2.17 bits per heavy atom. The molecule has 0 radical (unpaired) electrons. The van der Waals surface area contributed by atoms with Gasteiger partial charge in [-0.05, 0) is 79.3 Å². The molecule has 1 saturated carbocycles. The van der Waals surface area contributed by atoms with Gasteiger partial charge in [0.05, 0.1) is 5.92 Å². The van der Waals surface area contributed by atoms with Crippen molar-refractivity contribution in [2.24, 2.45) is 5.92 Å². The van der Waals surface area contributed by atoms with Gasteiger partial charge in [-0.15, -0.1) is 0 Å². The molecule has 3 aromatic rings. The maximum Gasteiger partial charge on any atom is 0.314 e. The Bertz CT molecular complexity index is 1210. The number of halogens is 4. The standard InChI is InChI=1S/C29H28F4O2/c1-3-4-18-6-8-19(9-7-18)23-15-16-24(28(33)27(23)32)35-29(34)21-12-10-20(11-13-21)22-14-5-17(2)25(30)26(22)31/h5-9,14-16,20-21H,3-4,10-13H2,1-2H3. The minimum atomic E-state index is -1.21. The first-order valence-corrected chi connectivity index (χ1v) is 12.0.